The minimum Gasteiger partial charge on any atom is -0.398 e. The van der Waals surface area contributed by atoms with Crippen molar-refractivity contribution in [1.82, 2.24) is 9.55 Å². The summed E-state index contributed by atoms with van der Waals surface area (Å²) in [6.07, 6.45) is 2.05. The molecular weight excluding hydrogens is 239 g/mol. The summed E-state index contributed by atoms with van der Waals surface area (Å²) in [6.45, 7) is 15.6. The lowest BCUT2D eigenvalue weighted by Gasteiger charge is -2.32. The van der Waals surface area contributed by atoms with Gasteiger partial charge in [0.1, 0.15) is 5.82 Å². The van der Waals surface area contributed by atoms with Crippen LogP contribution in [0.4, 0.5) is 0 Å². The van der Waals surface area contributed by atoms with Gasteiger partial charge in [0, 0.05) is 12.7 Å². The predicted molar refractivity (Wildman–Crippen MR) is 77.5 cm³/mol. The molecule has 5 heteroatoms. The Balaban J connectivity index is 2.21. The second-order valence-electron chi connectivity index (χ2n) is 6.85. The van der Waals surface area contributed by atoms with Crippen molar-refractivity contribution in [2.24, 2.45) is 5.92 Å². The van der Waals surface area contributed by atoms with Gasteiger partial charge < -0.3 is 13.9 Å². The van der Waals surface area contributed by atoms with Crippen LogP contribution >= 0.6 is 0 Å². The monoisotopic (exact) mass is 264 g/mol. The third-order valence-corrected chi connectivity index (χ3v) is 4.05. The molecule has 0 aliphatic carbocycles. The molecule has 4 nitrogen and oxygen atoms in total. The summed E-state index contributed by atoms with van der Waals surface area (Å²) in [6, 6.07) is 0. The first kappa shape index (κ1) is 14.6. The molecule has 19 heavy (non-hydrogen) atoms. The molecule has 0 saturated carbocycles. The molecule has 0 unspecified atom stereocenters. The largest absolute Gasteiger partial charge is 0.516 e. The maximum absolute atomic E-state index is 6.03. The van der Waals surface area contributed by atoms with E-state index in [1.807, 2.05) is 6.92 Å². The zero-order chi connectivity index (χ0) is 14.4. The maximum Gasteiger partial charge on any atom is 0.516 e. The van der Waals surface area contributed by atoms with Crippen LogP contribution in [-0.4, -0.2) is 27.9 Å². The maximum atomic E-state index is 6.03. The van der Waals surface area contributed by atoms with E-state index >= 15 is 0 Å². The minimum atomic E-state index is -0.364. The fraction of sp³-hybridized carbons (Fsp3) is 0.786. The Labute approximate surface area is 116 Å². The van der Waals surface area contributed by atoms with Crippen LogP contribution in [0.3, 0.4) is 0 Å². The smallest absolute Gasteiger partial charge is 0.398 e. The van der Waals surface area contributed by atoms with Gasteiger partial charge in [-0.05, 0) is 40.5 Å². The molecule has 106 valence electrons. The molecule has 1 aromatic rings. The number of hydrogen-bond acceptors (Lipinski definition) is 3. The summed E-state index contributed by atoms with van der Waals surface area (Å²) in [7, 11) is -0.364. The molecule has 0 aromatic carbocycles. The van der Waals surface area contributed by atoms with Crippen molar-refractivity contribution in [3.8, 4) is 0 Å². The average Bonchev–Trinajstić information content (AvgIpc) is 2.66. The Kier molecular flexibility index (Phi) is 3.56. The van der Waals surface area contributed by atoms with Crippen LogP contribution in [-0.2, 0) is 15.9 Å². The van der Waals surface area contributed by atoms with Crippen molar-refractivity contribution in [2.75, 3.05) is 0 Å². The fourth-order valence-corrected chi connectivity index (χ4v) is 2.19. The van der Waals surface area contributed by atoms with Gasteiger partial charge in [-0.15, -0.1) is 0 Å². The Morgan fingerprint density at radius 3 is 2.21 bits per heavy atom. The highest BCUT2D eigenvalue weighted by atomic mass is 16.7. The number of imidazole rings is 1. The quantitative estimate of drug-likeness (QED) is 0.785. The summed E-state index contributed by atoms with van der Waals surface area (Å²) in [5.41, 5.74) is 0.248. The van der Waals surface area contributed by atoms with Crippen LogP contribution in [0.15, 0.2) is 6.20 Å². The summed E-state index contributed by atoms with van der Waals surface area (Å²) >= 11 is 0. The van der Waals surface area contributed by atoms with Crippen LogP contribution in [0, 0.1) is 12.8 Å². The molecule has 0 spiro atoms. The molecule has 1 aromatic heterocycles. The first-order chi connectivity index (χ1) is 8.62. The van der Waals surface area contributed by atoms with Gasteiger partial charge in [0.25, 0.3) is 0 Å². The lowest BCUT2D eigenvalue weighted by molar-refractivity contribution is 0.00578. The van der Waals surface area contributed by atoms with Crippen molar-refractivity contribution < 1.29 is 9.31 Å². The topological polar surface area (TPSA) is 36.3 Å². The molecule has 1 fully saturated rings. The Morgan fingerprint density at radius 1 is 1.21 bits per heavy atom. The Bertz CT molecular complexity index is 450. The third kappa shape index (κ3) is 2.72. The van der Waals surface area contributed by atoms with Crippen LogP contribution in [0.5, 0.6) is 0 Å². The first-order valence-electron chi connectivity index (χ1n) is 7.02. The van der Waals surface area contributed by atoms with E-state index < -0.39 is 0 Å². The van der Waals surface area contributed by atoms with E-state index in [0.29, 0.717) is 5.92 Å². The van der Waals surface area contributed by atoms with Crippen molar-refractivity contribution >= 4 is 12.7 Å². The van der Waals surface area contributed by atoms with E-state index in [9.17, 15) is 0 Å². The van der Waals surface area contributed by atoms with Gasteiger partial charge in [0.2, 0.25) is 0 Å². The van der Waals surface area contributed by atoms with E-state index in [1.165, 1.54) is 0 Å². The lowest BCUT2D eigenvalue weighted by Crippen LogP contribution is -2.41. The van der Waals surface area contributed by atoms with E-state index in [1.54, 1.807) is 0 Å². The molecule has 0 radical (unpaired) electrons. The van der Waals surface area contributed by atoms with Crippen LogP contribution in [0.2, 0.25) is 0 Å². The Morgan fingerprint density at radius 2 is 1.74 bits per heavy atom. The fourth-order valence-electron chi connectivity index (χ4n) is 2.19. The van der Waals surface area contributed by atoms with Gasteiger partial charge in [-0.25, -0.2) is 4.98 Å². The molecule has 1 aliphatic rings. The molecular formula is C14H25BN2O2. The highest BCUT2D eigenvalue weighted by Gasteiger charge is 2.52. The van der Waals surface area contributed by atoms with Crippen molar-refractivity contribution in [1.29, 1.82) is 0 Å². The second kappa shape index (κ2) is 4.63. The van der Waals surface area contributed by atoms with Gasteiger partial charge >= 0.3 is 7.12 Å². The highest BCUT2D eigenvalue weighted by Crippen LogP contribution is 2.36. The first-order valence-corrected chi connectivity index (χ1v) is 7.02. The summed E-state index contributed by atoms with van der Waals surface area (Å²) in [4.78, 5) is 4.59. The number of hydrogen-bond donors (Lipinski definition) is 0. The van der Waals surface area contributed by atoms with Crippen molar-refractivity contribution in [3.05, 3.63) is 12.0 Å². The molecule has 1 saturated heterocycles. The average molecular weight is 264 g/mol. The van der Waals surface area contributed by atoms with Gasteiger partial charge in [0.05, 0.1) is 16.8 Å². The predicted octanol–water partition coefficient (Wildman–Crippen LogP) is 2.15. The highest BCUT2D eigenvalue weighted by molar-refractivity contribution is 6.61. The van der Waals surface area contributed by atoms with Gasteiger partial charge in [-0.2, -0.15) is 0 Å². The molecule has 2 heterocycles. The summed E-state index contributed by atoms with van der Waals surface area (Å²) in [5.74, 6) is 1.61. The SMILES string of the molecule is Cc1nc(B2OC(C)(C)C(C)(C)O2)cn1CC(C)C. The van der Waals surface area contributed by atoms with Crippen LogP contribution in [0.25, 0.3) is 0 Å². The van der Waals surface area contributed by atoms with E-state index in [2.05, 4.69) is 57.3 Å². The zero-order valence-electron chi connectivity index (χ0n) is 13.2. The summed E-state index contributed by atoms with van der Waals surface area (Å²) < 4.78 is 14.2. The molecule has 0 atom stereocenters. The number of nitrogens with zero attached hydrogens (tertiary/aromatic N) is 2. The third-order valence-electron chi connectivity index (χ3n) is 4.05. The normalized spacial score (nSPS) is 21.4. The lowest BCUT2D eigenvalue weighted by atomic mass is 9.86. The standard InChI is InChI=1S/C14H25BN2O2/c1-10(2)8-17-9-12(16-11(17)3)15-18-13(4,5)14(6,7)19-15/h9-10H,8H2,1-7H3. The Hall–Kier alpha value is -0.805. The van der Waals surface area contributed by atoms with E-state index in [-0.39, 0.29) is 18.3 Å². The van der Waals surface area contributed by atoms with E-state index in [0.717, 1.165) is 18.0 Å². The van der Waals surface area contributed by atoms with Crippen LogP contribution < -0.4 is 5.59 Å². The molecule has 0 bridgehead atoms. The van der Waals surface area contributed by atoms with Gasteiger partial charge in [-0.1, -0.05) is 13.8 Å². The second-order valence-corrected chi connectivity index (χ2v) is 6.85. The summed E-state index contributed by atoms with van der Waals surface area (Å²) in [5, 5.41) is 0. The molecule has 0 N–H and O–H groups in total. The van der Waals surface area contributed by atoms with Crippen molar-refractivity contribution in [2.45, 2.75) is 66.2 Å². The van der Waals surface area contributed by atoms with Crippen LogP contribution in [0.1, 0.15) is 47.4 Å². The van der Waals surface area contributed by atoms with Crippen molar-refractivity contribution in [3.63, 3.8) is 0 Å². The molecule has 0 amide bonds. The minimum absolute atomic E-state index is 0.312. The molecule has 2 rings (SSSR count). The zero-order valence-corrected chi connectivity index (χ0v) is 13.2. The molecule has 1 aliphatic heterocycles. The van der Waals surface area contributed by atoms with Gasteiger partial charge in [0.15, 0.2) is 0 Å². The number of aromatic nitrogens is 2. The van der Waals surface area contributed by atoms with E-state index in [4.69, 9.17) is 9.31 Å². The number of aryl methyl sites for hydroxylation is 1. The van der Waals surface area contributed by atoms with Gasteiger partial charge in [-0.3, -0.25) is 0 Å². The number of rotatable bonds is 3.